The molecule has 0 heterocycles. The Balaban J connectivity index is 0. The molecule has 3 atom stereocenters. The van der Waals surface area contributed by atoms with Gasteiger partial charge in [0.2, 0.25) is 0 Å². The molecule has 0 aromatic heterocycles. The average molecular weight is 316 g/mol. The predicted molar refractivity (Wildman–Crippen MR) is 92.7 cm³/mol. The molecule has 22 heavy (non-hydrogen) atoms. The summed E-state index contributed by atoms with van der Waals surface area (Å²) < 4.78 is 0. The fourth-order valence-corrected chi connectivity index (χ4v) is 1.73. The van der Waals surface area contributed by atoms with E-state index in [-0.39, 0.29) is 12.5 Å². The van der Waals surface area contributed by atoms with Crippen LogP contribution in [0, 0.1) is 5.92 Å². The van der Waals surface area contributed by atoms with E-state index in [4.69, 9.17) is 5.11 Å². The highest BCUT2D eigenvalue weighted by atomic mass is 16.3. The van der Waals surface area contributed by atoms with Gasteiger partial charge < -0.3 is 20.4 Å². The van der Waals surface area contributed by atoms with E-state index < -0.39 is 17.3 Å². The number of hydrogen-bond donors (Lipinski definition) is 4. The summed E-state index contributed by atoms with van der Waals surface area (Å²) in [5.41, 5.74) is -0.513. The van der Waals surface area contributed by atoms with Crippen LogP contribution in [0.2, 0.25) is 0 Å². The summed E-state index contributed by atoms with van der Waals surface area (Å²) in [6, 6.07) is 0. The van der Waals surface area contributed by atoms with Gasteiger partial charge in [0, 0.05) is 6.61 Å². The van der Waals surface area contributed by atoms with Crippen LogP contribution in [-0.4, -0.2) is 44.3 Å². The molecule has 4 nitrogen and oxygen atoms in total. The summed E-state index contributed by atoms with van der Waals surface area (Å²) in [4.78, 5) is 0. The average Bonchev–Trinajstić information content (AvgIpc) is 2.35. The van der Waals surface area contributed by atoms with Crippen LogP contribution in [0.25, 0.3) is 0 Å². The normalized spacial score (nSPS) is 17.4. The van der Waals surface area contributed by atoms with Crippen LogP contribution in [0.15, 0.2) is 24.3 Å². The number of aliphatic hydroxyl groups excluding tert-OH is 2. The van der Waals surface area contributed by atoms with Crippen LogP contribution in [0.4, 0.5) is 0 Å². The van der Waals surface area contributed by atoms with Crippen molar-refractivity contribution in [3.8, 4) is 0 Å². The van der Waals surface area contributed by atoms with Crippen LogP contribution in [0.5, 0.6) is 0 Å². The SMILES string of the molecule is C=C(C)CC(O)/C=C/C(C)(C)O.CCC(C)(O)CC(C)CO. The van der Waals surface area contributed by atoms with Gasteiger partial charge in [0.15, 0.2) is 0 Å². The zero-order chi connectivity index (χ0) is 18.0. The van der Waals surface area contributed by atoms with Crippen molar-refractivity contribution >= 4 is 0 Å². The fraction of sp³-hybridized carbons (Fsp3) is 0.778. The Morgan fingerprint density at radius 3 is 2.05 bits per heavy atom. The minimum atomic E-state index is -0.851. The molecule has 0 aliphatic rings. The molecule has 0 spiro atoms. The summed E-state index contributed by atoms with van der Waals surface area (Å²) in [6.07, 6.45) is 4.62. The second-order valence-corrected chi connectivity index (χ2v) is 7.08. The summed E-state index contributed by atoms with van der Waals surface area (Å²) >= 11 is 0. The van der Waals surface area contributed by atoms with Crippen molar-refractivity contribution in [2.24, 2.45) is 5.92 Å². The lowest BCUT2D eigenvalue weighted by atomic mass is 9.91. The molecule has 132 valence electrons. The molecule has 0 aromatic carbocycles. The summed E-state index contributed by atoms with van der Waals surface area (Å²) in [7, 11) is 0. The van der Waals surface area contributed by atoms with E-state index in [1.54, 1.807) is 32.9 Å². The Morgan fingerprint density at radius 1 is 1.23 bits per heavy atom. The van der Waals surface area contributed by atoms with Gasteiger partial charge in [0.1, 0.15) is 0 Å². The van der Waals surface area contributed by atoms with E-state index in [0.29, 0.717) is 12.8 Å². The van der Waals surface area contributed by atoms with Gasteiger partial charge in [-0.2, -0.15) is 0 Å². The molecule has 0 fully saturated rings. The second-order valence-electron chi connectivity index (χ2n) is 7.08. The maximum Gasteiger partial charge on any atom is 0.0772 e. The third-order valence-corrected chi connectivity index (χ3v) is 3.15. The molecule has 0 saturated carbocycles. The van der Waals surface area contributed by atoms with Gasteiger partial charge >= 0.3 is 0 Å². The number of aliphatic hydroxyl groups is 4. The Kier molecular flexibility index (Phi) is 11.7. The van der Waals surface area contributed by atoms with Crippen LogP contribution in [0.3, 0.4) is 0 Å². The van der Waals surface area contributed by atoms with Gasteiger partial charge in [-0.15, -0.1) is 6.58 Å². The molecule has 0 aliphatic heterocycles. The molecule has 0 radical (unpaired) electrons. The van der Waals surface area contributed by atoms with Gasteiger partial charge in [-0.05, 0) is 52.9 Å². The lowest BCUT2D eigenvalue weighted by Crippen LogP contribution is -2.26. The van der Waals surface area contributed by atoms with Crippen LogP contribution < -0.4 is 0 Å². The molecule has 0 rings (SSSR count). The van der Waals surface area contributed by atoms with E-state index >= 15 is 0 Å². The minimum Gasteiger partial charge on any atom is -0.396 e. The smallest absolute Gasteiger partial charge is 0.0772 e. The molecule has 0 bridgehead atoms. The predicted octanol–water partition coefficient (Wildman–Crippen LogP) is 2.81. The van der Waals surface area contributed by atoms with E-state index in [1.807, 2.05) is 20.8 Å². The largest absolute Gasteiger partial charge is 0.396 e. The topological polar surface area (TPSA) is 80.9 Å². The van der Waals surface area contributed by atoms with E-state index in [9.17, 15) is 15.3 Å². The third kappa shape index (κ3) is 17.4. The first-order valence-electron chi connectivity index (χ1n) is 7.90. The highest BCUT2D eigenvalue weighted by Gasteiger charge is 2.20. The number of rotatable bonds is 8. The number of hydrogen-bond acceptors (Lipinski definition) is 4. The van der Waals surface area contributed by atoms with E-state index in [1.165, 1.54) is 0 Å². The lowest BCUT2D eigenvalue weighted by molar-refractivity contribution is 0.0231. The first-order chi connectivity index (χ1) is 9.83. The molecule has 0 saturated heterocycles. The van der Waals surface area contributed by atoms with Crippen LogP contribution >= 0.6 is 0 Å². The van der Waals surface area contributed by atoms with E-state index in [0.717, 1.165) is 12.0 Å². The highest BCUT2D eigenvalue weighted by molar-refractivity contribution is 5.03. The first-order valence-corrected chi connectivity index (χ1v) is 7.90. The molecule has 0 amide bonds. The molecule has 3 unspecified atom stereocenters. The second kappa shape index (κ2) is 10.9. The highest BCUT2D eigenvalue weighted by Crippen LogP contribution is 2.19. The molecule has 4 heteroatoms. The zero-order valence-electron chi connectivity index (χ0n) is 15.1. The first kappa shape index (κ1) is 23.6. The van der Waals surface area contributed by atoms with Gasteiger partial charge in [0.05, 0.1) is 17.3 Å². The Hall–Kier alpha value is -0.680. The Morgan fingerprint density at radius 2 is 1.73 bits per heavy atom. The third-order valence-electron chi connectivity index (χ3n) is 3.15. The fourth-order valence-electron chi connectivity index (χ4n) is 1.73. The molecular weight excluding hydrogens is 280 g/mol. The standard InChI is InChI=1S/C10H18O2.C8H18O2/c1-8(2)7-9(11)5-6-10(3,4)12;1-4-8(3,10)5-7(2)6-9/h5-6,9,11-12H,1,7H2,2-4H3;7,9-10H,4-6H2,1-3H3/b6-5+;. The van der Waals surface area contributed by atoms with Gasteiger partial charge in [-0.1, -0.05) is 31.6 Å². The van der Waals surface area contributed by atoms with E-state index in [2.05, 4.69) is 6.58 Å². The summed E-state index contributed by atoms with van der Waals surface area (Å²) in [5.74, 6) is 0.204. The lowest BCUT2D eigenvalue weighted by Gasteiger charge is -2.23. The quantitative estimate of drug-likeness (QED) is 0.519. The molecule has 4 N–H and O–H groups in total. The maximum atomic E-state index is 9.51. The van der Waals surface area contributed by atoms with Crippen LogP contribution in [-0.2, 0) is 0 Å². The van der Waals surface area contributed by atoms with Crippen molar-refractivity contribution in [3.05, 3.63) is 24.3 Å². The Labute approximate surface area is 136 Å². The zero-order valence-corrected chi connectivity index (χ0v) is 15.1. The maximum absolute atomic E-state index is 9.51. The van der Waals surface area contributed by atoms with Crippen molar-refractivity contribution in [1.82, 2.24) is 0 Å². The van der Waals surface area contributed by atoms with Crippen molar-refractivity contribution in [3.63, 3.8) is 0 Å². The molecule has 0 aromatic rings. The van der Waals surface area contributed by atoms with Gasteiger partial charge in [-0.25, -0.2) is 0 Å². The van der Waals surface area contributed by atoms with Gasteiger partial charge in [0.25, 0.3) is 0 Å². The summed E-state index contributed by atoms with van der Waals surface area (Å²) in [5, 5.41) is 36.8. The van der Waals surface area contributed by atoms with Crippen molar-refractivity contribution < 1.29 is 20.4 Å². The van der Waals surface area contributed by atoms with Crippen molar-refractivity contribution in [2.75, 3.05) is 6.61 Å². The van der Waals surface area contributed by atoms with Crippen molar-refractivity contribution in [1.29, 1.82) is 0 Å². The minimum absolute atomic E-state index is 0.163. The Bertz CT molecular complexity index is 326. The van der Waals surface area contributed by atoms with Crippen LogP contribution in [0.1, 0.15) is 60.8 Å². The van der Waals surface area contributed by atoms with Gasteiger partial charge in [-0.3, -0.25) is 0 Å². The molecular formula is C18H36O4. The monoisotopic (exact) mass is 316 g/mol. The molecule has 0 aliphatic carbocycles. The summed E-state index contributed by atoms with van der Waals surface area (Å²) in [6.45, 7) is 14.7. The van der Waals surface area contributed by atoms with Crippen molar-refractivity contribution in [2.45, 2.75) is 78.1 Å².